The fraction of sp³-hybridized carbons (Fsp3) is 1.00. The first-order valence-electron chi connectivity index (χ1n) is 15.2. The van der Waals surface area contributed by atoms with Gasteiger partial charge in [-0.15, -0.1) is 0 Å². The summed E-state index contributed by atoms with van der Waals surface area (Å²) in [4.78, 5) is 0. The predicted octanol–water partition coefficient (Wildman–Crippen LogP) is 10.1. The van der Waals surface area contributed by atoms with Gasteiger partial charge in [0, 0.05) is 0 Å². The van der Waals surface area contributed by atoms with Crippen molar-refractivity contribution in [1.82, 2.24) is 5.32 Å². The van der Waals surface area contributed by atoms with Crippen LogP contribution in [0.1, 0.15) is 181 Å². The van der Waals surface area contributed by atoms with Crippen molar-refractivity contribution < 1.29 is 5.11 Å². The molecule has 0 fully saturated rings. The molecule has 0 saturated carbocycles. The Morgan fingerprint density at radius 1 is 0.406 bits per heavy atom. The number of unbranched alkanes of at least 4 members (excludes halogenated alkanes) is 23. The number of rotatable bonds is 28. The molecule has 0 aliphatic heterocycles. The third kappa shape index (κ3) is 28.0. The smallest absolute Gasteiger partial charge is 0.104 e. The molecule has 0 bridgehead atoms. The second-order valence-electron chi connectivity index (χ2n) is 10.4. The van der Waals surface area contributed by atoms with Crippen molar-refractivity contribution in [1.29, 1.82) is 0 Å². The molecule has 0 aromatic heterocycles. The second-order valence-corrected chi connectivity index (χ2v) is 10.4. The first-order valence-corrected chi connectivity index (χ1v) is 15.2. The van der Waals surface area contributed by atoms with Crippen molar-refractivity contribution in [2.75, 3.05) is 6.54 Å². The van der Waals surface area contributed by atoms with E-state index in [2.05, 4.69) is 19.2 Å². The highest BCUT2D eigenvalue weighted by atomic mass is 16.3. The van der Waals surface area contributed by atoms with Gasteiger partial charge in [0.25, 0.3) is 0 Å². The van der Waals surface area contributed by atoms with Crippen molar-refractivity contribution >= 4 is 0 Å². The molecule has 0 heterocycles. The lowest BCUT2D eigenvalue weighted by molar-refractivity contribution is 0.124. The minimum atomic E-state index is -0.282. The van der Waals surface area contributed by atoms with Gasteiger partial charge in [0.1, 0.15) is 6.23 Å². The van der Waals surface area contributed by atoms with Gasteiger partial charge in [0.05, 0.1) is 0 Å². The van der Waals surface area contributed by atoms with Crippen molar-refractivity contribution in [3.63, 3.8) is 0 Å². The van der Waals surface area contributed by atoms with Crippen LogP contribution in [0.4, 0.5) is 0 Å². The summed E-state index contributed by atoms with van der Waals surface area (Å²) in [5.74, 6) is 0. The van der Waals surface area contributed by atoms with Gasteiger partial charge in [-0.3, -0.25) is 5.32 Å². The van der Waals surface area contributed by atoms with Crippen LogP contribution in [-0.4, -0.2) is 17.9 Å². The van der Waals surface area contributed by atoms with Gasteiger partial charge >= 0.3 is 0 Å². The van der Waals surface area contributed by atoms with Crippen LogP contribution in [-0.2, 0) is 0 Å². The Morgan fingerprint density at radius 3 is 1.03 bits per heavy atom. The van der Waals surface area contributed by atoms with Crippen molar-refractivity contribution in [2.45, 2.75) is 187 Å². The highest BCUT2D eigenvalue weighted by Crippen LogP contribution is 2.14. The largest absolute Gasteiger partial charge is 0.379 e. The van der Waals surface area contributed by atoms with Crippen LogP contribution < -0.4 is 5.32 Å². The van der Waals surface area contributed by atoms with E-state index in [1.165, 1.54) is 161 Å². The molecule has 0 saturated heterocycles. The third-order valence-corrected chi connectivity index (χ3v) is 6.99. The van der Waals surface area contributed by atoms with E-state index in [9.17, 15) is 5.11 Å². The van der Waals surface area contributed by atoms with Crippen LogP contribution in [0.25, 0.3) is 0 Å². The molecule has 2 nitrogen and oxygen atoms in total. The van der Waals surface area contributed by atoms with Crippen LogP contribution in [0.2, 0.25) is 0 Å². The summed E-state index contributed by atoms with van der Waals surface area (Å²) in [7, 11) is 0. The van der Waals surface area contributed by atoms with E-state index >= 15 is 0 Å². The average Bonchev–Trinajstić information content (AvgIpc) is 2.80. The summed E-state index contributed by atoms with van der Waals surface area (Å²) in [5, 5.41) is 13.4. The van der Waals surface area contributed by atoms with E-state index in [1.807, 2.05) is 0 Å². The maximum Gasteiger partial charge on any atom is 0.104 e. The lowest BCUT2D eigenvalue weighted by Gasteiger charge is -2.12. The maximum atomic E-state index is 10.1. The highest BCUT2D eigenvalue weighted by Gasteiger charge is 2.02. The number of hydrogen-bond donors (Lipinski definition) is 2. The SMILES string of the molecule is CCCCCCCCCCCCCCCCCCCC(O)NCCCCCCCCCC. The molecule has 1 atom stereocenters. The van der Waals surface area contributed by atoms with E-state index in [1.54, 1.807) is 0 Å². The van der Waals surface area contributed by atoms with Gasteiger partial charge < -0.3 is 5.11 Å². The van der Waals surface area contributed by atoms with Crippen LogP contribution in [0, 0.1) is 0 Å². The van der Waals surface area contributed by atoms with Crippen LogP contribution in [0.5, 0.6) is 0 Å². The van der Waals surface area contributed by atoms with Gasteiger partial charge in [-0.2, -0.15) is 0 Å². The molecule has 0 aromatic carbocycles. The average molecular weight is 454 g/mol. The molecule has 0 amide bonds. The molecule has 0 aliphatic carbocycles. The standard InChI is InChI=1S/C30H63NO/c1-3-5-7-9-11-13-14-15-16-17-18-19-20-21-22-24-26-28-30(32)31-29-27-25-23-12-10-8-6-4-2/h30-32H,3-29H2,1-2H3. The van der Waals surface area contributed by atoms with E-state index in [0.717, 1.165) is 13.0 Å². The van der Waals surface area contributed by atoms with Gasteiger partial charge in [0.2, 0.25) is 0 Å². The zero-order valence-electron chi connectivity index (χ0n) is 22.6. The Kier molecular flexibility index (Phi) is 28.9. The maximum absolute atomic E-state index is 10.1. The Labute approximate surface area is 204 Å². The minimum absolute atomic E-state index is 0.282. The van der Waals surface area contributed by atoms with Gasteiger partial charge in [-0.1, -0.05) is 162 Å². The highest BCUT2D eigenvalue weighted by molar-refractivity contribution is 4.56. The van der Waals surface area contributed by atoms with E-state index < -0.39 is 0 Å². The van der Waals surface area contributed by atoms with E-state index in [4.69, 9.17) is 0 Å². The molecular weight excluding hydrogens is 390 g/mol. The Hall–Kier alpha value is -0.0800. The summed E-state index contributed by atoms with van der Waals surface area (Å²) >= 11 is 0. The molecule has 0 spiro atoms. The lowest BCUT2D eigenvalue weighted by atomic mass is 10.0. The number of aliphatic hydroxyl groups is 1. The fourth-order valence-corrected chi connectivity index (χ4v) is 4.69. The fourth-order valence-electron chi connectivity index (χ4n) is 4.69. The molecule has 2 heteroatoms. The number of nitrogens with one attached hydrogen (secondary N) is 1. The van der Waals surface area contributed by atoms with Crippen LogP contribution in [0.3, 0.4) is 0 Å². The van der Waals surface area contributed by atoms with Gasteiger partial charge in [-0.05, 0) is 25.8 Å². The molecule has 0 rings (SSSR count). The zero-order chi connectivity index (χ0) is 23.4. The molecule has 0 aliphatic rings. The van der Waals surface area contributed by atoms with E-state index in [-0.39, 0.29) is 6.23 Å². The van der Waals surface area contributed by atoms with Crippen molar-refractivity contribution in [3.05, 3.63) is 0 Å². The summed E-state index contributed by atoms with van der Waals surface area (Å²) in [6.07, 6.45) is 35.4. The van der Waals surface area contributed by atoms with Crippen molar-refractivity contribution in [2.24, 2.45) is 0 Å². The summed E-state index contributed by atoms with van der Waals surface area (Å²) in [6.45, 7) is 5.55. The number of aliphatic hydroxyl groups excluding tert-OH is 1. The quantitative estimate of drug-likeness (QED) is 0.0912. The minimum Gasteiger partial charge on any atom is -0.379 e. The first kappa shape index (κ1) is 31.9. The summed E-state index contributed by atoms with van der Waals surface area (Å²) < 4.78 is 0. The normalized spacial score (nSPS) is 12.5. The molecule has 0 radical (unpaired) electrons. The third-order valence-electron chi connectivity index (χ3n) is 6.99. The lowest BCUT2D eigenvalue weighted by Crippen LogP contribution is -2.29. The number of hydrogen-bond acceptors (Lipinski definition) is 2. The Balaban J connectivity index is 3.11. The molecule has 0 aromatic rings. The predicted molar refractivity (Wildman–Crippen MR) is 145 cm³/mol. The molecule has 2 N–H and O–H groups in total. The van der Waals surface area contributed by atoms with Gasteiger partial charge in [0.15, 0.2) is 0 Å². The topological polar surface area (TPSA) is 32.3 Å². The van der Waals surface area contributed by atoms with Gasteiger partial charge in [-0.25, -0.2) is 0 Å². The molecular formula is C30H63NO. The van der Waals surface area contributed by atoms with E-state index in [0.29, 0.717) is 0 Å². The molecule has 194 valence electrons. The van der Waals surface area contributed by atoms with Crippen LogP contribution in [0.15, 0.2) is 0 Å². The monoisotopic (exact) mass is 453 g/mol. The second kappa shape index (κ2) is 29.0. The summed E-state index contributed by atoms with van der Waals surface area (Å²) in [5.41, 5.74) is 0. The van der Waals surface area contributed by atoms with Crippen molar-refractivity contribution in [3.8, 4) is 0 Å². The van der Waals surface area contributed by atoms with Crippen LogP contribution >= 0.6 is 0 Å². The first-order chi connectivity index (χ1) is 15.8. The summed E-state index contributed by atoms with van der Waals surface area (Å²) in [6, 6.07) is 0. The zero-order valence-corrected chi connectivity index (χ0v) is 22.6. The Morgan fingerprint density at radius 2 is 0.688 bits per heavy atom. The molecule has 32 heavy (non-hydrogen) atoms. The molecule has 1 unspecified atom stereocenters. The Bertz CT molecular complexity index is 320.